The molecule has 0 amide bonds. The van der Waals surface area contributed by atoms with Gasteiger partial charge in [-0.1, -0.05) is 28.1 Å². The number of aldehydes is 1. The normalized spacial score (nSPS) is 11.9. The van der Waals surface area contributed by atoms with E-state index in [1.54, 1.807) is 12.1 Å². The van der Waals surface area contributed by atoms with Gasteiger partial charge in [-0.25, -0.2) is 4.39 Å². The Morgan fingerprint density at radius 2 is 1.74 bits per heavy atom. The van der Waals surface area contributed by atoms with Crippen molar-refractivity contribution in [3.8, 4) is 0 Å². The number of halogens is 2. The summed E-state index contributed by atoms with van der Waals surface area (Å²) in [6, 6.07) is 13.8. The van der Waals surface area contributed by atoms with Gasteiger partial charge in [0.25, 0.3) is 0 Å². The molecule has 2 aromatic carbocycles. The highest BCUT2D eigenvalue weighted by molar-refractivity contribution is 9.10. The second-order valence-electron chi connectivity index (χ2n) is 4.16. The van der Waals surface area contributed by atoms with E-state index >= 15 is 0 Å². The lowest BCUT2D eigenvalue weighted by Gasteiger charge is -2.18. The zero-order chi connectivity index (χ0) is 13.7. The molecule has 0 aliphatic carbocycles. The molecule has 0 spiro atoms. The van der Waals surface area contributed by atoms with Crippen LogP contribution in [0.2, 0.25) is 0 Å². The van der Waals surface area contributed by atoms with Gasteiger partial charge in [0.05, 0.1) is 6.04 Å². The Kier molecular flexibility index (Phi) is 4.68. The van der Waals surface area contributed by atoms with Crippen LogP contribution in [0.15, 0.2) is 53.0 Å². The highest BCUT2D eigenvalue weighted by Crippen LogP contribution is 2.23. The number of benzene rings is 2. The first-order valence-corrected chi connectivity index (χ1v) is 6.69. The molecule has 0 heterocycles. The van der Waals surface area contributed by atoms with Gasteiger partial charge < -0.3 is 10.1 Å². The van der Waals surface area contributed by atoms with Gasteiger partial charge in [-0.3, -0.25) is 0 Å². The molecule has 0 bridgehead atoms. The van der Waals surface area contributed by atoms with E-state index in [0.717, 1.165) is 22.0 Å². The van der Waals surface area contributed by atoms with Crippen LogP contribution in [-0.4, -0.2) is 6.29 Å². The van der Waals surface area contributed by atoms with Crippen LogP contribution in [0.1, 0.15) is 18.0 Å². The molecule has 4 heteroatoms. The molecule has 0 aromatic heterocycles. The molecule has 0 aliphatic rings. The van der Waals surface area contributed by atoms with Crippen molar-refractivity contribution >= 4 is 27.9 Å². The molecule has 2 rings (SSSR count). The van der Waals surface area contributed by atoms with Gasteiger partial charge in [-0.2, -0.15) is 0 Å². The van der Waals surface area contributed by atoms with Gasteiger partial charge in [-0.05, 0) is 42.0 Å². The first-order valence-electron chi connectivity index (χ1n) is 5.90. The van der Waals surface area contributed by atoms with Crippen molar-refractivity contribution in [1.29, 1.82) is 0 Å². The Hall–Kier alpha value is -1.68. The zero-order valence-corrected chi connectivity index (χ0v) is 11.7. The first kappa shape index (κ1) is 13.7. The summed E-state index contributed by atoms with van der Waals surface area (Å²) in [6.45, 7) is 0. The summed E-state index contributed by atoms with van der Waals surface area (Å²) >= 11 is 3.38. The molecular formula is C15H13BrFNO. The maximum atomic E-state index is 12.9. The van der Waals surface area contributed by atoms with Crippen LogP contribution >= 0.6 is 15.9 Å². The highest BCUT2D eigenvalue weighted by atomic mass is 79.9. The van der Waals surface area contributed by atoms with E-state index in [1.165, 1.54) is 12.1 Å². The molecule has 98 valence electrons. The first-order chi connectivity index (χ1) is 9.19. The van der Waals surface area contributed by atoms with Crippen LogP contribution in [0.4, 0.5) is 10.1 Å². The second kappa shape index (κ2) is 6.48. The molecule has 0 aliphatic heterocycles. The number of anilines is 1. The molecule has 0 radical (unpaired) electrons. The van der Waals surface area contributed by atoms with Gasteiger partial charge in [0.2, 0.25) is 0 Å². The fourth-order valence-electron chi connectivity index (χ4n) is 1.82. The van der Waals surface area contributed by atoms with Gasteiger partial charge in [0.1, 0.15) is 12.1 Å². The molecule has 1 unspecified atom stereocenters. The SMILES string of the molecule is O=CCC(Nc1ccc(F)cc1)c1ccc(Br)cc1. The van der Waals surface area contributed by atoms with E-state index in [0.29, 0.717) is 6.42 Å². The van der Waals surface area contributed by atoms with Crippen molar-refractivity contribution < 1.29 is 9.18 Å². The average Bonchev–Trinajstić information content (AvgIpc) is 2.42. The van der Waals surface area contributed by atoms with Crippen molar-refractivity contribution in [3.63, 3.8) is 0 Å². The predicted octanol–water partition coefficient (Wildman–Crippen LogP) is 4.33. The minimum Gasteiger partial charge on any atom is -0.378 e. The lowest BCUT2D eigenvalue weighted by atomic mass is 10.0. The Labute approximate surface area is 119 Å². The Balaban J connectivity index is 2.18. The molecule has 0 saturated heterocycles. The standard InChI is InChI=1S/C15H13BrFNO/c16-12-3-1-11(2-4-12)15(9-10-19)18-14-7-5-13(17)6-8-14/h1-8,10,15,18H,9H2. The number of hydrogen-bond donors (Lipinski definition) is 1. The van der Waals surface area contributed by atoms with E-state index < -0.39 is 0 Å². The zero-order valence-electron chi connectivity index (χ0n) is 10.1. The summed E-state index contributed by atoms with van der Waals surface area (Å²) in [5, 5.41) is 3.23. The van der Waals surface area contributed by atoms with Gasteiger partial charge >= 0.3 is 0 Å². The van der Waals surface area contributed by atoms with Crippen LogP contribution in [0.5, 0.6) is 0 Å². The Morgan fingerprint density at radius 1 is 1.11 bits per heavy atom. The van der Waals surface area contributed by atoms with Crippen LogP contribution in [-0.2, 0) is 4.79 Å². The van der Waals surface area contributed by atoms with Crippen molar-refractivity contribution in [2.24, 2.45) is 0 Å². The summed E-state index contributed by atoms with van der Waals surface area (Å²) in [6.07, 6.45) is 1.24. The second-order valence-corrected chi connectivity index (χ2v) is 5.07. The summed E-state index contributed by atoms with van der Waals surface area (Å²) in [7, 11) is 0. The molecular weight excluding hydrogens is 309 g/mol. The Morgan fingerprint density at radius 3 is 2.32 bits per heavy atom. The quantitative estimate of drug-likeness (QED) is 0.830. The van der Waals surface area contributed by atoms with Crippen LogP contribution in [0.3, 0.4) is 0 Å². The lowest BCUT2D eigenvalue weighted by molar-refractivity contribution is -0.108. The van der Waals surface area contributed by atoms with Gasteiger partial charge in [0, 0.05) is 16.6 Å². The van der Waals surface area contributed by atoms with Crippen molar-refractivity contribution in [3.05, 3.63) is 64.4 Å². The third kappa shape index (κ3) is 3.89. The van der Waals surface area contributed by atoms with Crippen molar-refractivity contribution in [2.45, 2.75) is 12.5 Å². The van der Waals surface area contributed by atoms with Crippen molar-refractivity contribution in [1.82, 2.24) is 0 Å². The predicted molar refractivity (Wildman–Crippen MR) is 77.6 cm³/mol. The van der Waals surface area contributed by atoms with E-state index in [1.807, 2.05) is 24.3 Å². The maximum Gasteiger partial charge on any atom is 0.123 e. The number of rotatable bonds is 5. The smallest absolute Gasteiger partial charge is 0.123 e. The minimum atomic E-state index is -0.277. The number of carbonyl (C=O) groups excluding carboxylic acids is 1. The summed E-state index contributed by atoms with van der Waals surface area (Å²) in [4.78, 5) is 10.8. The minimum absolute atomic E-state index is 0.115. The van der Waals surface area contributed by atoms with Crippen LogP contribution < -0.4 is 5.32 Å². The number of hydrogen-bond acceptors (Lipinski definition) is 2. The van der Waals surface area contributed by atoms with Crippen LogP contribution in [0, 0.1) is 5.82 Å². The van der Waals surface area contributed by atoms with E-state index in [2.05, 4.69) is 21.2 Å². The molecule has 0 fully saturated rings. The molecule has 19 heavy (non-hydrogen) atoms. The topological polar surface area (TPSA) is 29.1 Å². The molecule has 0 saturated carbocycles. The van der Waals surface area contributed by atoms with Gasteiger partial charge in [0.15, 0.2) is 0 Å². The average molecular weight is 322 g/mol. The van der Waals surface area contributed by atoms with Crippen molar-refractivity contribution in [2.75, 3.05) is 5.32 Å². The molecule has 2 nitrogen and oxygen atoms in total. The monoisotopic (exact) mass is 321 g/mol. The van der Waals surface area contributed by atoms with E-state index in [4.69, 9.17) is 0 Å². The van der Waals surface area contributed by atoms with E-state index in [-0.39, 0.29) is 11.9 Å². The summed E-state index contributed by atoms with van der Waals surface area (Å²) in [5.74, 6) is -0.277. The third-order valence-corrected chi connectivity index (χ3v) is 3.32. The highest BCUT2D eigenvalue weighted by Gasteiger charge is 2.10. The molecule has 2 aromatic rings. The van der Waals surface area contributed by atoms with Crippen LogP contribution in [0.25, 0.3) is 0 Å². The number of carbonyl (C=O) groups is 1. The maximum absolute atomic E-state index is 12.9. The summed E-state index contributed by atoms with van der Waals surface area (Å²) < 4.78 is 13.8. The fourth-order valence-corrected chi connectivity index (χ4v) is 2.08. The fraction of sp³-hybridized carbons (Fsp3) is 0.133. The van der Waals surface area contributed by atoms with Gasteiger partial charge in [-0.15, -0.1) is 0 Å². The largest absolute Gasteiger partial charge is 0.378 e. The number of nitrogens with one attached hydrogen (secondary N) is 1. The van der Waals surface area contributed by atoms with E-state index in [9.17, 15) is 9.18 Å². The molecule has 1 N–H and O–H groups in total. The summed E-state index contributed by atoms with van der Waals surface area (Å²) in [5.41, 5.74) is 1.80. The third-order valence-electron chi connectivity index (χ3n) is 2.79. The Bertz CT molecular complexity index is 539. The molecule has 1 atom stereocenters. The lowest BCUT2D eigenvalue weighted by Crippen LogP contribution is -2.11.